The lowest BCUT2D eigenvalue weighted by Crippen LogP contribution is -2.41. The van der Waals surface area contributed by atoms with Gasteiger partial charge in [-0.15, -0.1) is 11.3 Å². The first kappa shape index (κ1) is 21.4. The first-order valence-corrected chi connectivity index (χ1v) is 11.5. The molecule has 7 heteroatoms. The Bertz CT molecular complexity index is 911. The van der Waals surface area contributed by atoms with Gasteiger partial charge in [-0.1, -0.05) is 0 Å². The zero-order valence-electron chi connectivity index (χ0n) is 17.2. The third-order valence-electron chi connectivity index (χ3n) is 6.34. The summed E-state index contributed by atoms with van der Waals surface area (Å²) in [4.78, 5) is 16.3. The molecular formula is C23H28F2N2O2S. The van der Waals surface area contributed by atoms with Gasteiger partial charge in [0.1, 0.15) is 0 Å². The molecule has 1 aliphatic heterocycles. The number of nitrogens with zero attached hydrogens (tertiary/aromatic N) is 1. The molecule has 1 aliphatic carbocycles. The number of thiophene rings is 1. The molecule has 2 aliphatic rings. The normalized spacial score (nSPS) is 21.6. The smallest absolute Gasteiger partial charge is 0.224 e. The van der Waals surface area contributed by atoms with Crippen LogP contribution < -0.4 is 5.73 Å². The molecule has 0 bridgehead atoms. The summed E-state index contributed by atoms with van der Waals surface area (Å²) in [6, 6.07) is 4.15. The van der Waals surface area contributed by atoms with Gasteiger partial charge in [0.25, 0.3) is 0 Å². The molecule has 4 nitrogen and oxygen atoms in total. The van der Waals surface area contributed by atoms with Crippen LogP contribution in [0.15, 0.2) is 23.6 Å². The van der Waals surface area contributed by atoms with E-state index < -0.39 is 17.7 Å². The van der Waals surface area contributed by atoms with Crippen molar-refractivity contribution in [3.05, 3.63) is 56.8 Å². The van der Waals surface area contributed by atoms with Crippen LogP contribution in [0.1, 0.15) is 53.2 Å². The summed E-state index contributed by atoms with van der Waals surface area (Å²) < 4.78 is 33.1. The molecule has 3 atom stereocenters. The fraction of sp³-hybridized carbons (Fsp3) is 0.522. The van der Waals surface area contributed by atoms with Gasteiger partial charge in [-0.25, -0.2) is 8.78 Å². The van der Waals surface area contributed by atoms with Crippen molar-refractivity contribution in [1.29, 1.82) is 0 Å². The van der Waals surface area contributed by atoms with Crippen LogP contribution in [0.4, 0.5) is 8.78 Å². The largest absolute Gasteiger partial charge is 0.376 e. The topological polar surface area (TPSA) is 55.6 Å². The summed E-state index contributed by atoms with van der Waals surface area (Å²) in [6.07, 6.45) is 3.59. The summed E-state index contributed by atoms with van der Waals surface area (Å²) >= 11 is 1.65. The van der Waals surface area contributed by atoms with Crippen LogP contribution in [0, 0.1) is 18.6 Å². The minimum atomic E-state index is -0.854. The lowest BCUT2D eigenvalue weighted by molar-refractivity contribution is -0.133. The van der Waals surface area contributed by atoms with Crippen molar-refractivity contribution in [1.82, 2.24) is 4.90 Å². The van der Waals surface area contributed by atoms with E-state index in [1.807, 2.05) is 10.3 Å². The van der Waals surface area contributed by atoms with E-state index in [1.165, 1.54) is 22.6 Å². The monoisotopic (exact) mass is 434 g/mol. The van der Waals surface area contributed by atoms with Gasteiger partial charge >= 0.3 is 0 Å². The zero-order valence-corrected chi connectivity index (χ0v) is 18.0. The molecule has 0 radical (unpaired) electrons. The van der Waals surface area contributed by atoms with Crippen molar-refractivity contribution >= 4 is 17.2 Å². The van der Waals surface area contributed by atoms with Crippen molar-refractivity contribution in [2.45, 2.75) is 63.6 Å². The highest BCUT2D eigenvalue weighted by molar-refractivity contribution is 7.10. The second kappa shape index (κ2) is 9.12. The molecule has 0 saturated carbocycles. The fourth-order valence-electron chi connectivity index (χ4n) is 4.58. The molecule has 1 fully saturated rings. The SMILES string of the molecule is Cc1ccsc1CN(CC1CCCO1)C(=O)CC(N)C1CCc2cc(F)c(F)cc21. The fourth-order valence-corrected chi connectivity index (χ4v) is 5.50. The van der Waals surface area contributed by atoms with Crippen molar-refractivity contribution in [2.75, 3.05) is 13.2 Å². The number of hydrogen-bond acceptors (Lipinski definition) is 4. The molecule has 1 saturated heterocycles. The van der Waals surface area contributed by atoms with Crippen molar-refractivity contribution in [3.63, 3.8) is 0 Å². The maximum absolute atomic E-state index is 13.8. The lowest BCUT2D eigenvalue weighted by Gasteiger charge is -2.28. The number of benzene rings is 1. The number of halogens is 2. The number of ether oxygens (including phenoxy) is 1. The van der Waals surface area contributed by atoms with Gasteiger partial charge in [0.2, 0.25) is 5.91 Å². The first-order chi connectivity index (χ1) is 14.4. The van der Waals surface area contributed by atoms with Gasteiger partial charge < -0.3 is 15.4 Å². The summed E-state index contributed by atoms with van der Waals surface area (Å²) in [7, 11) is 0. The second-order valence-electron chi connectivity index (χ2n) is 8.41. The minimum absolute atomic E-state index is 0.0122. The molecule has 2 aromatic rings. The van der Waals surface area contributed by atoms with Gasteiger partial charge in [0.05, 0.1) is 12.6 Å². The lowest BCUT2D eigenvalue weighted by atomic mass is 9.91. The summed E-state index contributed by atoms with van der Waals surface area (Å²) in [5.41, 5.74) is 9.16. The predicted molar refractivity (Wildman–Crippen MR) is 113 cm³/mol. The number of rotatable bonds is 7. The van der Waals surface area contributed by atoms with Crippen LogP contribution in [0.2, 0.25) is 0 Å². The highest BCUT2D eigenvalue weighted by Gasteiger charge is 2.32. The van der Waals surface area contributed by atoms with Gasteiger partial charge in [0, 0.05) is 36.4 Å². The van der Waals surface area contributed by atoms with E-state index >= 15 is 0 Å². The number of carbonyl (C=O) groups is 1. The molecule has 1 aromatic carbocycles. The van der Waals surface area contributed by atoms with Crippen molar-refractivity contribution in [3.8, 4) is 0 Å². The summed E-state index contributed by atoms with van der Waals surface area (Å²) in [6.45, 7) is 3.90. The molecule has 4 rings (SSSR count). The molecule has 30 heavy (non-hydrogen) atoms. The average molecular weight is 435 g/mol. The van der Waals surface area contributed by atoms with Gasteiger partial charge in [-0.05, 0) is 72.9 Å². The maximum Gasteiger partial charge on any atom is 0.224 e. The molecule has 2 N–H and O–H groups in total. The summed E-state index contributed by atoms with van der Waals surface area (Å²) in [5.74, 6) is -1.82. The van der Waals surface area contributed by atoms with E-state index in [9.17, 15) is 13.6 Å². The average Bonchev–Trinajstić information content (AvgIpc) is 3.44. The molecule has 1 aromatic heterocycles. The Hall–Kier alpha value is -1.83. The molecule has 162 valence electrons. The van der Waals surface area contributed by atoms with Crippen LogP contribution in [0.5, 0.6) is 0 Å². The van der Waals surface area contributed by atoms with E-state index in [2.05, 4.69) is 13.0 Å². The Balaban J connectivity index is 1.46. The molecule has 1 amide bonds. The number of aryl methyl sites for hydroxylation is 2. The number of nitrogens with two attached hydrogens (primary N) is 1. The van der Waals surface area contributed by atoms with Crippen molar-refractivity contribution < 1.29 is 18.3 Å². The number of amides is 1. The second-order valence-corrected chi connectivity index (χ2v) is 9.42. The Labute approximate surface area is 180 Å². The van der Waals surface area contributed by atoms with E-state index in [0.717, 1.165) is 30.6 Å². The first-order valence-electron chi connectivity index (χ1n) is 10.6. The summed E-state index contributed by atoms with van der Waals surface area (Å²) in [5, 5.41) is 2.04. The Morgan fingerprint density at radius 1 is 1.33 bits per heavy atom. The van der Waals surface area contributed by atoms with Crippen LogP contribution in [0.25, 0.3) is 0 Å². The molecule has 3 unspecified atom stereocenters. The molecule has 2 heterocycles. The maximum atomic E-state index is 13.8. The zero-order chi connectivity index (χ0) is 21.3. The third kappa shape index (κ3) is 4.58. The minimum Gasteiger partial charge on any atom is -0.376 e. The van der Waals surface area contributed by atoms with Crippen LogP contribution in [0.3, 0.4) is 0 Å². The predicted octanol–water partition coefficient (Wildman–Crippen LogP) is 4.29. The van der Waals surface area contributed by atoms with Crippen LogP contribution in [-0.2, 0) is 22.5 Å². The number of carbonyl (C=O) groups excluding carboxylic acids is 1. The molecular weight excluding hydrogens is 406 g/mol. The Morgan fingerprint density at radius 3 is 2.83 bits per heavy atom. The van der Waals surface area contributed by atoms with E-state index in [4.69, 9.17) is 10.5 Å². The Morgan fingerprint density at radius 2 is 2.13 bits per heavy atom. The van der Waals surface area contributed by atoms with Crippen LogP contribution in [-0.4, -0.2) is 36.1 Å². The molecule has 0 spiro atoms. The highest BCUT2D eigenvalue weighted by Crippen LogP contribution is 2.37. The Kier molecular flexibility index (Phi) is 6.51. The number of hydrogen-bond donors (Lipinski definition) is 1. The van der Waals surface area contributed by atoms with Gasteiger partial charge in [-0.3, -0.25) is 4.79 Å². The van der Waals surface area contributed by atoms with Gasteiger partial charge in [-0.2, -0.15) is 0 Å². The van der Waals surface area contributed by atoms with E-state index in [0.29, 0.717) is 25.9 Å². The highest BCUT2D eigenvalue weighted by atomic mass is 32.1. The van der Waals surface area contributed by atoms with Crippen molar-refractivity contribution in [2.24, 2.45) is 5.73 Å². The number of fused-ring (bicyclic) bond motifs is 1. The third-order valence-corrected chi connectivity index (χ3v) is 7.34. The van der Waals surface area contributed by atoms with Gasteiger partial charge in [0.15, 0.2) is 11.6 Å². The van der Waals surface area contributed by atoms with Crippen LogP contribution >= 0.6 is 11.3 Å². The quantitative estimate of drug-likeness (QED) is 0.707. The standard InChI is InChI=1S/C23H28F2N2O2S/c1-14-6-8-30-22(14)13-27(12-16-3-2-7-29-16)23(28)11-21(26)17-5-4-15-9-19(24)20(25)10-18(15)17/h6,8-10,16-17,21H,2-5,7,11-13,26H2,1H3. The van der Waals surface area contributed by atoms with E-state index in [-0.39, 0.29) is 24.3 Å². The van der Waals surface area contributed by atoms with E-state index in [1.54, 1.807) is 11.3 Å².